The van der Waals surface area contributed by atoms with Crippen LogP contribution in [-0.4, -0.2) is 60.3 Å². The molecule has 2 rings (SSSR count). The van der Waals surface area contributed by atoms with Crippen molar-refractivity contribution in [2.45, 2.75) is 105 Å². The van der Waals surface area contributed by atoms with E-state index in [2.05, 4.69) is 22.8 Å². The number of carbonyl (C=O) groups excluding carboxylic acids is 3. The molecule has 3 N–H and O–H groups in total. The van der Waals surface area contributed by atoms with E-state index in [4.69, 9.17) is 24.7 Å². The fraction of sp³-hybridized carbons (Fsp3) is 0.514. The summed E-state index contributed by atoms with van der Waals surface area (Å²) >= 11 is 0. The summed E-state index contributed by atoms with van der Waals surface area (Å²) in [5.41, 5.74) is 5.55. The molecule has 0 aromatic heterocycles. The van der Waals surface area contributed by atoms with E-state index in [1.54, 1.807) is 53.7 Å². The molecule has 0 aliphatic rings. The molecule has 0 aliphatic heterocycles. The van der Waals surface area contributed by atoms with Crippen LogP contribution in [0.4, 0.5) is 9.59 Å². The number of benzene rings is 2. The lowest BCUT2D eigenvalue weighted by atomic mass is 9.94. The van der Waals surface area contributed by atoms with Gasteiger partial charge in [-0.25, -0.2) is 14.4 Å². The van der Waals surface area contributed by atoms with Gasteiger partial charge in [-0.2, -0.15) is 10.5 Å². The Bertz CT molecular complexity index is 1430. The van der Waals surface area contributed by atoms with E-state index in [-0.39, 0.29) is 13.0 Å². The minimum atomic E-state index is -0.866. The molecule has 0 spiro atoms. The minimum absolute atomic E-state index is 0.182. The van der Waals surface area contributed by atoms with E-state index in [1.165, 1.54) is 7.11 Å². The van der Waals surface area contributed by atoms with E-state index < -0.39 is 41.4 Å². The normalized spacial score (nSPS) is 12.2. The molecule has 250 valence electrons. The Kier molecular flexibility index (Phi) is 14.7. The van der Waals surface area contributed by atoms with Crippen molar-refractivity contribution in [3.05, 3.63) is 68.8 Å². The highest BCUT2D eigenvalue weighted by Crippen LogP contribution is 2.20. The summed E-state index contributed by atoms with van der Waals surface area (Å²) in [6.07, 6.45) is -0.480. The summed E-state index contributed by atoms with van der Waals surface area (Å²) < 4.78 is 15.2. The molecule has 2 aromatic carbocycles. The number of aliphatic hydroxyl groups is 1. The van der Waals surface area contributed by atoms with Crippen LogP contribution in [-0.2, 0) is 31.8 Å². The number of rotatable bonds is 8. The van der Waals surface area contributed by atoms with Crippen molar-refractivity contribution in [3.63, 3.8) is 0 Å². The summed E-state index contributed by atoms with van der Waals surface area (Å²) in [7, 11) is 1.27. The van der Waals surface area contributed by atoms with Crippen LogP contribution in [0, 0.1) is 50.4 Å². The Hall–Kier alpha value is -4.61. The number of nitrogens with one attached hydrogen (secondary N) is 2. The second kappa shape index (κ2) is 17.2. The number of carbonyl (C=O) groups is 3. The van der Waals surface area contributed by atoms with Crippen LogP contribution in [0.25, 0.3) is 0 Å². The monoisotopic (exact) mass is 636 g/mol. The molecule has 0 radical (unpaired) electrons. The van der Waals surface area contributed by atoms with Gasteiger partial charge in [0.05, 0.1) is 43.0 Å². The summed E-state index contributed by atoms with van der Waals surface area (Å²) in [5, 5.41) is 32.7. The Balaban J connectivity index is 0.000000462. The SMILES string of the molecule is COC(=O)[C@H](Cc1c(C)cc(C#N)cc1C)NC(=O)OC(C)(C)C.Cc1cc(C#N)cc(C)c1C[C@@H](CO)NC(=O)OC(C)(C)C. The van der Waals surface area contributed by atoms with Gasteiger partial charge in [0.1, 0.15) is 17.2 Å². The van der Waals surface area contributed by atoms with Crippen molar-refractivity contribution >= 4 is 18.2 Å². The van der Waals surface area contributed by atoms with Crippen molar-refractivity contribution in [2.75, 3.05) is 13.7 Å². The number of esters is 1. The molecule has 2 amide bonds. The third-order valence-corrected chi connectivity index (χ3v) is 6.63. The number of alkyl carbamates (subject to hydrolysis) is 2. The molecule has 0 aliphatic carbocycles. The molecule has 2 atom stereocenters. The minimum Gasteiger partial charge on any atom is -0.467 e. The molecular weight excluding hydrogens is 588 g/mol. The van der Waals surface area contributed by atoms with Gasteiger partial charge in [0, 0.05) is 6.42 Å². The number of nitrogens with zero attached hydrogens (tertiary/aromatic N) is 2. The average Bonchev–Trinajstić information content (AvgIpc) is 2.93. The molecule has 0 fully saturated rings. The molecule has 11 nitrogen and oxygen atoms in total. The summed E-state index contributed by atoms with van der Waals surface area (Å²) in [4.78, 5) is 35.8. The first kappa shape index (κ1) is 39.4. The molecule has 0 saturated carbocycles. The molecule has 46 heavy (non-hydrogen) atoms. The van der Waals surface area contributed by atoms with Gasteiger partial charge in [-0.1, -0.05) is 0 Å². The lowest BCUT2D eigenvalue weighted by molar-refractivity contribution is -0.143. The van der Waals surface area contributed by atoms with Crippen molar-refractivity contribution in [1.82, 2.24) is 10.6 Å². The Morgan fingerprint density at radius 1 is 0.739 bits per heavy atom. The van der Waals surface area contributed by atoms with Crippen LogP contribution in [0.1, 0.15) is 86.1 Å². The third kappa shape index (κ3) is 13.6. The summed E-state index contributed by atoms with van der Waals surface area (Å²) in [5.74, 6) is -0.552. The van der Waals surface area contributed by atoms with E-state index in [9.17, 15) is 19.5 Å². The van der Waals surface area contributed by atoms with Crippen molar-refractivity contribution in [2.24, 2.45) is 0 Å². The zero-order chi connectivity index (χ0) is 35.4. The van der Waals surface area contributed by atoms with Crippen LogP contribution in [0.5, 0.6) is 0 Å². The summed E-state index contributed by atoms with van der Waals surface area (Å²) in [6.45, 7) is 18.0. The number of aliphatic hydroxyl groups excluding tert-OH is 1. The third-order valence-electron chi connectivity index (χ3n) is 6.63. The van der Waals surface area contributed by atoms with E-state index >= 15 is 0 Å². The van der Waals surface area contributed by atoms with E-state index in [0.29, 0.717) is 17.5 Å². The van der Waals surface area contributed by atoms with E-state index in [1.807, 2.05) is 39.8 Å². The predicted molar refractivity (Wildman–Crippen MR) is 174 cm³/mol. The number of hydrogen-bond donors (Lipinski definition) is 3. The highest BCUT2D eigenvalue weighted by atomic mass is 16.6. The topological polar surface area (TPSA) is 171 Å². The number of hydrogen-bond acceptors (Lipinski definition) is 9. The first-order chi connectivity index (χ1) is 21.2. The Morgan fingerprint density at radius 3 is 1.43 bits per heavy atom. The van der Waals surface area contributed by atoms with Gasteiger partial charge in [0.15, 0.2) is 0 Å². The smallest absolute Gasteiger partial charge is 0.408 e. The van der Waals surface area contributed by atoms with Gasteiger partial charge in [-0.3, -0.25) is 0 Å². The summed E-state index contributed by atoms with van der Waals surface area (Å²) in [6, 6.07) is 10.1. The first-order valence-electron chi connectivity index (χ1n) is 14.9. The largest absolute Gasteiger partial charge is 0.467 e. The van der Waals surface area contributed by atoms with Crippen molar-refractivity contribution in [1.29, 1.82) is 10.5 Å². The quantitative estimate of drug-likeness (QED) is 0.254. The van der Waals surface area contributed by atoms with Crippen LogP contribution in [0.3, 0.4) is 0 Å². The molecule has 11 heteroatoms. The van der Waals surface area contributed by atoms with Gasteiger partial charge in [-0.15, -0.1) is 0 Å². The highest BCUT2D eigenvalue weighted by molar-refractivity contribution is 5.81. The van der Waals surface area contributed by atoms with Gasteiger partial charge in [0.2, 0.25) is 0 Å². The highest BCUT2D eigenvalue weighted by Gasteiger charge is 2.26. The maximum absolute atomic E-state index is 12.0. The zero-order valence-corrected chi connectivity index (χ0v) is 28.9. The standard InChI is InChI=1S/C18H24N2O4.C17H24N2O3/c1-11-7-13(10-19)8-12(2)14(11)9-15(16(21)23-6)20-17(22)24-18(3,4)5;1-11-6-13(9-18)7-12(2)15(11)8-14(10-20)19-16(21)22-17(3,4)5/h7-8,15H,9H2,1-6H3,(H,20,22);6-7,14,20H,8,10H2,1-5H3,(H,19,21)/t15-;14-/m00/s1. The average molecular weight is 637 g/mol. The first-order valence-corrected chi connectivity index (χ1v) is 14.9. The number of nitriles is 2. The Labute approximate surface area is 272 Å². The molecule has 0 heterocycles. The molecule has 0 saturated heterocycles. The fourth-order valence-corrected chi connectivity index (χ4v) is 4.63. The van der Waals surface area contributed by atoms with Gasteiger partial charge in [0.25, 0.3) is 0 Å². The second-order valence-corrected chi connectivity index (χ2v) is 13.1. The van der Waals surface area contributed by atoms with Crippen LogP contribution in [0.2, 0.25) is 0 Å². The van der Waals surface area contributed by atoms with Gasteiger partial charge < -0.3 is 30.0 Å². The number of methoxy groups -OCH3 is 1. The van der Waals surface area contributed by atoms with Crippen LogP contribution in [0.15, 0.2) is 24.3 Å². The predicted octanol–water partition coefficient (Wildman–Crippen LogP) is 5.39. The fourth-order valence-electron chi connectivity index (χ4n) is 4.63. The zero-order valence-electron chi connectivity index (χ0n) is 28.9. The molecular formula is C35H48N4O7. The number of amides is 2. The second-order valence-electron chi connectivity index (χ2n) is 13.1. The van der Waals surface area contributed by atoms with Gasteiger partial charge >= 0.3 is 18.2 Å². The molecule has 0 bridgehead atoms. The van der Waals surface area contributed by atoms with E-state index in [0.717, 1.165) is 33.4 Å². The van der Waals surface area contributed by atoms with Gasteiger partial charge in [-0.05, 0) is 133 Å². The van der Waals surface area contributed by atoms with Crippen molar-refractivity contribution in [3.8, 4) is 12.1 Å². The lowest BCUT2D eigenvalue weighted by Crippen LogP contribution is -2.45. The molecule has 2 aromatic rings. The maximum Gasteiger partial charge on any atom is 0.408 e. The van der Waals surface area contributed by atoms with Crippen LogP contribution < -0.4 is 10.6 Å². The van der Waals surface area contributed by atoms with Crippen molar-refractivity contribution < 1.29 is 33.7 Å². The lowest BCUT2D eigenvalue weighted by Gasteiger charge is -2.23. The van der Waals surface area contributed by atoms with Crippen LogP contribution >= 0.6 is 0 Å². The molecule has 0 unspecified atom stereocenters. The number of ether oxygens (including phenoxy) is 3. The number of aryl methyl sites for hydroxylation is 4. The maximum atomic E-state index is 12.0. The Morgan fingerprint density at radius 2 is 1.11 bits per heavy atom.